The van der Waals surface area contributed by atoms with Crippen LogP contribution in [0.1, 0.15) is 65.4 Å². The minimum Gasteiger partial charge on any atom is -0.445 e. The van der Waals surface area contributed by atoms with Gasteiger partial charge in [0.1, 0.15) is 6.10 Å². The van der Waals surface area contributed by atoms with Crippen LogP contribution < -0.4 is 10.6 Å². The summed E-state index contributed by atoms with van der Waals surface area (Å²) in [4.78, 5) is 28.5. The number of β-amino-alcohol motifs (C(OH)–C–C–N with tert-alkyl or cyclic N) is 1. The molecule has 1 saturated carbocycles. The van der Waals surface area contributed by atoms with E-state index in [2.05, 4.69) is 15.5 Å². The molecular weight excluding hydrogens is 530 g/mol. The van der Waals surface area contributed by atoms with Crippen LogP contribution in [0.4, 0.5) is 4.79 Å². The number of nitrogens with one attached hydrogen (secondary N) is 2. The van der Waals surface area contributed by atoms with Crippen molar-refractivity contribution in [3.63, 3.8) is 0 Å². The summed E-state index contributed by atoms with van der Waals surface area (Å²) in [5, 5.41) is 17.5. The van der Waals surface area contributed by atoms with Crippen LogP contribution in [0.25, 0.3) is 0 Å². The molecule has 0 spiro atoms. The Labute approximate surface area is 239 Å². The van der Waals surface area contributed by atoms with Crippen LogP contribution in [0.5, 0.6) is 0 Å². The number of amides is 2. The van der Waals surface area contributed by atoms with E-state index in [0.29, 0.717) is 18.3 Å². The van der Waals surface area contributed by atoms with Gasteiger partial charge in [-0.25, -0.2) is 13.2 Å². The van der Waals surface area contributed by atoms with Gasteiger partial charge < -0.3 is 20.5 Å². The zero-order valence-electron chi connectivity index (χ0n) is 24.3. The van der Waals surface area contributed by atoms with Gasteiger partial charge in [0.15, 0.2) is 9.84 Å². The molecular formula is C30H47N3O6S. The molecule has 10 heteroatoms. The van der Waals surface area contributed by atoms with Crippen LogP contribution in [-0.2, 0) is 25.8 Å². The van der Waals surface area contributed by atoms with Gasteiger partial charge in [0.05, 0.1) is 29.7 Å². The second-order valence-corrected chi connectivity index (χ2v) is 15.4. The van der Waals surface area contributed by atoms with Crippen LogP contribution in [-0.4, -0.2) is 84.9 Å². The Morgan fingerprint density at radius 1 is 1.10 bits per heavy atom. The van der Waals surface area contributed by atoms with Gasteiger partial charge >= 0.3 is 6.09 Å². The molecule has 224 valence electrons. The lowest BCUT2D eigenvalue weighted by atomic mass is 9.72. The van der Waals surface area contributed by atoms with E-state index in [0.717, 1.165) is 31.4 Å². The van der Waals surface area contributed by atoms with Crippen LogP contribution in [0.2, 0.25) is 0 Å². The summed E-state index contributed by atoms with van der Waals surface area (Å²) in [6.45, 7) is 8.65. The molecule has 2 saturated heterocycles. The molecule has 4 rings (SSSR count). The lowest BCUT2D eigenvalue weighted by Crippen LogP contribution is -2.60. The summed E-state index contributed by atoms with van der Waals surface area (Å²) in [5.74, 6) is 0.510. The fraction of sp³-hybridized carbons (Fsp3) is 0.733. The molecule has 2 aliphatic heterocycles. The molecule has 2 heterocycles. The van der Waals surface area contributed by atoms with E-state index in [1.165, 1.54) is 12.8 Å². The van der Waals surface area contributed by atoms with E-state index in [-0.39, 0.29) is 41.5 Å². The molecule has 40 heavy (non-hydrogen) atoms. The van der Waals surface area contributed by atoms with Crippen molar-refractivity contribution >= 4 is 21.8 Å². The number of nitrogens with zero attached hydrogens (tertiary/aromatic N) is 1. The molecule has 3 fully saturated rings. The molecule has 9 nitrogen and oxygen atoms in total. The molecule has 0 aromatic heterocycles. The van der Waals surface area contributed by atoms with Crippen LogP contribution >= 0.6 is 0 Å². The normalized spacial score (nSPS) is 30.1. The Morgan fingerprint density at radius 2 is 1.77 bits per heavy atom. The Hall–Kier alpha value is -2.17. The van der Waals surface area contributed by atoms with Gasteiger partial charge in [-0.1, -0.05) is 56.5 Å². The third-order valence-corrected chi connectivity index (χ3v) is 10.5. The summed E-state index contributed by atoms with van der Waals surface area (Å²) in [5.41, 5.74) is 0.577. The van der Waals surface area contributed by atoms with Crippen LogP contribution in [0, 0.1) is 17.8 Å². The molecule has 3 aliphatic rings. The maximum Gasteiger partial charge on any atom is 0.407 e. The largest absolute Gasteiger partial charge is 0.445 e. The number of carbonyl (C=O) groups is 2. The third-order valence-electron chi connectivity index (χ3n) is 8.62. The summed E-state index contributed by atoms with van der Waals surface area (Å²) >= 11 is 0. The summed E-state index contributed by atoms with van der Waals surface area (Å²) < 4.78 is 29.6. The quantitative estimate of drug-likeness (QED) is 0.434. The molecule has 2 amide bonds. The van der Waals surface area contributed by atoms with Crippen LogP contribution in [0.3, 0.4) is 0 Å². The number of carbonyl (C=O) groups excluding carboxylic acids is 2. The van der Waals surface area contributed by atoms with E-state index in [1.807, 2.05) is 51.1 Å². The minimum atomic E-state index is -3.24. The van der Waals surface area contributed by atoms with Crippen molar-refractivity contribution in [3.05, 3.63) is 35.9 Å². The predicted molar refractivity (Wildman–Crippen MR) is 154 cm³/mol. The molecule has 1 aromatic rings. The van der Waals surface area contributed by atoms with E-state index < -0.39 is 34.2 Å². The first kappa shape index (κ1) is 30.8. The highest BCUT2D eigenvalue weighted by atomic mass is 32.2. The van der Waals surface area contributed by atoms with E-state index in [9.17, 15) is 23.1 Å². The zero-order valence-corrected chi connectivity index (χ0v) is 25.2. The highest BCUT2D eigenvalue weighted by Crippen LogP contribution is 2.39. The first-order valence-corrected chi connectivity index (χ1v) is 16.6. The molecule has 0 radical (unpaired) electrons. The van der Waals surface area contributed by atoms with Gasteiger partial charge in [0, 0.05) is 24.5 Å². The Kier molecular flexibility index (Phi) is 9.83. The number of sulfone groups is 1. The highest BCUT2D eigenvalue weighted by Gasteiger charge is 2.42. The Bertz CT molecular complexity index is 1120. The van der Waals surface area contributed by atoms with E-state index in [1.54, 1.807) is 6.92 Å². The van der Waals surface area contributed by atoms with Crippen molar-refractivity contribution < 1.29 is 27.9 Å². The fourth-order valence-corrected chi connectivity index (χ4v) is 8.66. The lowest BCUT2D eigenvalue weighted by Gasteiger charge is -2.47. The number of fused-ring (bicyclic) bond motifs is 1. The zero-order chi connectivity index (χ0) is 29.1. The van der Waals surface area contributed by atoms with Gasteiger partial charge in [0.2, 0.25) is 5.91 Å². The van der Waals surface area contributed by atoms with Gasteiger partial charge in [-0.2, -0.15) is 0 Å². The number of ether oxygens (including phenoxy) is 1. The van der Waals surface area contributed by atoms with Crippen molar-refractivity contribution in [2.75, 3.05) is 24.6 Å². The summed E-state index contributed by atoms with van der Waals surface area (Å²) in [7, 11) is -3.24. The first-order valence-electron chi connectivity index (χ1n) is 14.8. The average Bonchev–Trinajstić information content (AvgIpc) is 3.13. The first-order chi connectivity index (χ1) is 18.8. The number of hydrogen-bond acceptors (Lipinski definition) is 7. The van der Waals surface area contributed by atoms with Gasteiger partial charge in [0.25, 0.3) is 0 Å². The number of aliphatic hydroxyl groups excluding tert-OH is 1. The number of likely N-dealkylation sites (tertiary alicyclic amines) is 1. The van der Waals surface area contributed by atoms with E-state index in [4.69, 9.17) is 4.74 Å². The number of benzene rings is 1. The standard InChI is InChI=1S/C30H47N3O6S/c1-20-18-40(37,38)19-27(20)39-29(36)31-24(14-21-10-6-5-7-11-21)26(34)17-33-16-23-13-9-8-12-22(23)15-25(33)28(35)32-30(2,3)4/h5-7,10-11,20,22-27,34H,8-9,12-19H2,1-4H3,(H,31,36)(H,32,35)/t20-,22-,23+,24-,25-,26+,27+/m0/s1. The predicted octanol–water partition coefficient (Wildman–Crippen LogP) is 2.91. The lowest BCUT2D eigenvalue weighted by molar-refractivity contribution is -0.132. The number of piperidine rings is 1. The maximum absolute atomic E-state index is 13.4. The van der Waals surface area contributed by atoms with Crippen molar-refractivity contribution in [1.82, 2.24) is 15.5 Å². The molecule has 0 bridgehead atoms. The second kappa shape index (κ2) is 12.8. The topological polar surface area (TPSA) is 125 Å². The maximum atomic E-state index is 13.4. The molecule has 7 atom stereocenters. The van der Waals surface area contributed by atoms with Gasteiger partial charge in [-0.05, 0) is 57.4 Å². The Morgan fingerprint density at radius 3 is 2.40 bits per heavy atom. The summed E-state index contributed by atoms with van der Waals surface area (Å²) in [6, 6.07) is 8.56. The molecule has 1 aliphatic carbocycles. The second-order valence-electron chi connectivity index (χ2n) is 13.3. The molecule has 0 unspecified atom stereocenters. The number of hydrogen-bond donors (Lipinski definition) is 3. The Balaban J connectivity index is 1.49. The van der Waals surface area contributed by atoms with E-state index >= 15 is 0 Å². The smallest absolute Gasteiger partial charge is 0.407 e. The third kappa shape index (κ3) is 8.42. The van der Waals surface area contributed by atoms with Crippen molar-refractivity contribution in [2.45, 2.75) is 96.1 Å². The SMILES string of the molecule is C[C@H]1CS(=O)(=O)C[C@H]1OC(=O)N[C@@H](Cc1ccccc1)[C@H](O)CN1C[C@H]2CCCC[C@H]2C[C@H]1C(=O)NC(C)(C)C. The molecule has 3 N–H and O–H groups in total. The summed E-state index contributed by atoms with van der Waals surface area (Å²) in [6.07, 6.45) is 3.38. The number of alkyl carbamates (subject to hydrolysis) is 1. The van der Waals surface area contributed by atoms with Crippen molar-refractivity contribution in [3.8, 4) is 0 Å². The minimum absolute atomic E-state index is 0.00381. The van der Waals surface area contributed by atoms with Gasteiger partial charge in [-0.3, -0.25) is 9.69 Å². The average molecular weight is 578 g/mol. The van der Waals surface area contributed by atoms with Gasteiger partial charge in [-0.15, -0.1) is 0 Å². The molecule has 1 aromatic carbocycles. The van der Waals surface area contributed by atoms with Crippen molar-refractivity contribution in [1.29, 1.82) is 0 Å². The fourth-order valence-electron chi connectivity index (χ4n) is 6.61. The number of rotatable bonds is 8. The highest BCUT2D eigenvalue weighted by molar-refractivity contribution is 7.91. The van der Waals surface area contributed by atoms with Crippen molar-refractivity contribution in [2.24, 2.45) is 17.8 Å². The number of aliphatic hydroxyl groups is 1. The monoisotopic (exact) mass is 577 g/mol. The van der Waals surface area contributed by atoms with Crippen LogP contribution in [0.15, 0.2) is 30.3 Å².